The lowest BCUT2D eigenvalue weighted by Gasteiger charge is -2.27. The van der Waals surface area contributed by atoms with Gasteiger partial charge in [0.05, 0.1) is 0 Å². The standard InChI is InChI=1S/C23H30N2O2/c1-2-19-10-12-22(13-11-19)27-18-23(26)24-16-20-8-4-5-9-21(20)17-25-14-6-3-7-15-25/h4-5,8-13H,2-3,6-7,14-18H2,1H3,(H,24,26). The number of aryl methyl sites for hydroxylation is 1. The van der Waals surface area contributed by atoms with Gasteiger partial charge in [0.15, 0.2) is 6.61 Å². The molecule has 1 saturated heterocycles. The summed E-state index contributed by atoms with van der Waals surface area (Å²) in [5, 5.41) is 2.99. The molecule has 27 heavy (non-hydrogen) atoms. The summed E-state index contributed by atoms with van der Waals surface area (Å²) in [4.78, 5) is 14.7. The summed E-state index contributed by atoms with van der Waals surface area (Å²) in [5.41, 5.74) is 3.75. The molecule has 1 amide bonds. The normalized spacial score (nSPS) is 14.7. The topological polar surface area (TPSA) is 41.6 Å². The first-order valence-corrected chi connectivity index (χ1v) is 10.0. The number of rotatable bonds is 8. The number of nitrogens with zero attached hydrogens (tertiary/aromatic N) is 1. The van der Waals surface area contributed by atoms with Gasteiger partial charge >= 0.3 is 0 Å². The third kappa shape index (κ3) is 6.10. The van der Waals surface area contributed by atoms with E-state index in [1.165, 1.54) is 49.0 Å². The van der Waals surface area contributed by atoms with E-state index in [2.05, 4.69) is 35.3 Å². The van der Waals surface area contributed by atoms with E-state index < -0.39 is 0 Å². The summed E-state index contributed by atoms with van der Waals surface area (Å²) in [5.74, 6) is 0.634. The highest BCUT2D eigenvalue weighted by Crippen LogP contribution is 2.16. The number of carbonyl (C=O) groups excluding carboxylic acids is 1. The van der Waals surface area contributed by atoms with Crippen LogP contribution in [0.15, 0.2) is 48.5 Å². The molecule has 2 aromatic rings. The van der Waals surface area contributed by atoms with E-state index >= 15 is 0 Å². The number of ether oxygens (including phenoxy) is 1. The molecule has 2 aromatic carbocycles. The van der Waals surface area contributed by atoms with E-state index in [9.17, 15) is 4.79 Å². The Morgan fingerprint density at radius 3 is 2.41 bits per heavy atom. The largest absolute Gasteiger partial charge is 0.484 e. The Hall–Kier alpha value is -2.33. The number of hydrogen-bond donors (Lipinski definition) is 1. The third-order valence-electron chi connectivity index (χ3n) is 5.14. The molecule has 0 aromatic heterocycles. The molecular weight excluding hydrogens is 336 g/mol. The van der Waals surface area contributed by atoms with Crippen molar-refractivity contribution in [1.29, 1.82) is 0 Å². The van der Waals surface area contributed by atoms with Crippen molar-refractivity contribution >= 4 is 5.91 Å². The minimum Gasteiger partial charge on any atom is -0.484 e. The van der Waals surface area contributed by atoms with Crippen LogP contribution in [0.2, 0.25) is 0 Å². The molecule has 0 spiro atoms. The highest BCUT2D eigenvalue weighted by molar-refractivity contribution is 5.77. The minimum atomic E-state index is -0.0951. The van der Waals surface area contributed by atoms with Gasteiger partial charge in [0.1, 0.15) is 5.75 Å². The lowest BCUT2D eigenvalue weighted by Crippen LogP contribution is -2.31. The zero-order valence-electron chi connectivity index (χ0n) is 16.2. The van der Waals surface area contributed by atoms with Gasteiger partial charge in [-0.15, -0.1) is 0 Å². The molecule has 0 unspecified atom stereocenters. The van der Waals surface area contributed by atoms with Crippen LogP contribution >= 0.6 is 0 Å². The second-order valence-corrected chi connectivity index (χ2v) is 7.17. The van der Waals surface area contributed by atoms with E-state index in [0.29, 0.717) is 6.54 Å². The Morgan fingerprint density at radius 2 is 1.70 bits per heavy atom. The van der Waals surface area contributed by atoms with Crippen LogP contribution in [0.5, 0.6) is 5.75 Å². The number of carbonyl (C=O) groups is 1. The molecular formula is C23H30N2O2. The molecule has 0 atom stereocenters. The molecule has 0 aliphatic carbocycles. The third-order valence-corrected chi connectivity index (χ3v) is 5.14. The van der Waals surface area contributed by atoms with E-state index in [4.69, 9.17) is 4.74 Å². The van der Waals surface area contributed by atoms with Gasteiger partial charge in [0.25, 0.3) is 5.91 Å². The molecule has 144 valence electrons. The van der Waals surface area contributed by atoms with Crippen LogP contribution in [0.3, 0.4) is 0 Å². The van der Waals surface area contributed by atoms with Crippen molar-refractivity contribution in [3.8, 4) is 5.75 Å². The average molecular weight is 367 g/mol. The summed E-state index contributed by atoms with van der Waals surface area (Å²) < 4.78 is 5.59. The van der Waals surface area contributed by atoms with Crippen molar-refractivity contribution in [3.05, 3.63) is 65.2 Å². The molecule has 4 heteroatoms. The van der Waals surface area contributed by atoms with Gasteiger partial charge in [-0.1, -0.05) is 49.7 Å². The second-order valence-electron chi connectivity index (χ2n) is 7.17. The molecule has 0 radical (unpaired) electrons. The smallest absolute Gasteiger partial charge is 0.258 e. The van der Waals surface area contributed by atoms with Gasteiger partial charge in [-0.2, -0.15) is 0 Å². The van der Waals surface area contributed by atoms with Crippen molar-refractivity contribution in [3.63, 3.8) is 0 Å². The van der Waals surface area contributed by atoms with Crippen molar-refractivity contribution in [1.82, 2.24) is 10.2 Å². The van der Waals surface area contributed by atoms with E-state index in [1.54, 1.807) is 0 Å². The fourth-order valence-corrected chi connectivity index (χ4v) is 3.46. The van der Waals surface area contributed by atoms with Crippen molar-refractivity contribution in [2.75, 3.05) is 19.7 Å². The number of piperidine rings is 1. The van der Waals surface area contributed by atoms with Crippen LogP contribution in [0.4, 0.5) is 0 Å². The molecule has 1 N–H and O–H groups in total. The first-order chi connectivity index (χ1) is 13.2. The van der Waals surface area contributed by atoms with E-state index in [-0.39, 0.29) is 12.5 Å². The molecule has 1 fully saturated rings. The maximum Gasteiger partial charge on any atom is 0.258 e. The Labute approximate surface area is 162 Å². The van der Waals surface area contributed by atoms with E-state index in [0.717, 1.165) is 18.7 Å². The molecule has 3 rings (SSSR count). The summed E-state index contributed by atoms with van der Waals surface area (Å²) in [6.07, 6.45) is 4.91. The number of likely N-dealkylation sites (tertiary alicyclic amines) is 1. The van der Waals surface area contributed by atoms with E-state index in [1.807, 2.05) is 30.3 Å². The van der Waals surface area contributed by atoms with Gasteiger partial charge in [-0.3, -0.25) is 9.69 Å². The highest BCUT2D eigenvalue weighted by atomic mass is 16.5. The summed E-state index contributed by atoms with van der Waals surface area (Å²) in [6.45, 7) is 6.01. The number of benzene rings is 2. The zero-order chi connectivity index (χ0) is 18.9. The molecule has 1 aliphatic heterocycles. The van der Waals surface area contributed by atoms with Gasteiger partial charge in [0.2, 0.25) is 0 Å². The van der Waals surface area contributed by atoms with Crippen LogP contribution < -0.4 is 10.1 Å². The molecule has 1 aliphatic rings. The Kier molecular flexibility index (Phi) is 7.28. The van der Waals surface area contributed by atoms with Crippen LogP contribution in [-0.4, -0.2) is 30.5 Å². The van der Waals surface area contributed by atoms with Crippen LogP contribution in [0.25, 0.3) is 0 Å². The van der Waals surface area contributed by atoms with Gasteiger partial charge in [-0.25, -0.2) is 0 Å². The molecule has 1 heterocycles. The monoisotopic (exact) mass is 366 g/mol. The predicted octanol–water partition coefficient (Wildman–Crippen LogP) is 3.93. The van der Waals surface area contributed by atoms with Gasteiger partial charge in [-0.05, 0) is 61.2 Å². The van der Waals surface area contributed by atoms with Gasteiger partial charge < -0.3 is 10.1 Å². The van der Waals surface area contributed by atoms with Crippen LogP contribution in [0, 0.1) is 0 Å². The summed E-state index contributed by atoms with van der Waals surface area (Å²) in [7, 11) is 0. The molecule has 0 saturated carbocycles. The van der Waals surface area contributed by atoms with Crippen molar-refractivity contribution in [2.24, 2.45) is 0 Å². The summed E-state index contributed by atoms with van der Waals surface area (Å²) in [6, 6.07) is 16.3. The van der Waals surface area contributed by atoms with Crippen molar-refractivity contribution < 1.29 is 9.53 Å². The maximum atomic E-state index is 12.2. The average Bonchev–Trinajstić information content (AvgIpc) is 2.73. The second kappa shape index (κ2) is 10.1. The molecule has 4 nitrogen and oxygen atoms in total. The summed E-state index contributed by atoms with van der Waals surface area (Å²) >= 11 is 0. The maximum absolute atomic E-state index is 12.2. The lowest BCUT2D eigenvalue weighted by molar-refractivity contribution is -0.123. The minimum absolute atomic E-state index is 0.0414. The Balaban J connectivity index is 1.47. The number of hydrogen-bond acceptors (Lipinski definition) is 3. The predicted molar refractivity (Wildman–Crippen MR) is 109 cm³/mol. The molecule has 0 bridgehead atoms. The lowest BCUT2D eigenvalue weighted by atomic mass is 10.0. The van der Waals surface area contributed by atoms with Crippen molar-refractivity contribution in [2.45, 2.75) is 45.7 Å². The Morgan fingerprint density at radius 1 is 1.00 bits per heavy atom. The zero-order valence-corrected chi connectivity index (χ0v) is 16.2. The fourth-order valence-electron chi connectivity index (χ4n) is 3.46. The highest BCUT2D eigenvalue weighted by Gasteiger charge is 2.13. The SMILES string of the molecule is CCc1ccc(OCC(=O)NCc2ccccc2CN2CCCCC2)cc1. The quantitative estimate of drug-likeness (QED) is 0.770. The van der Waals surface area contributed by atoms with Gasteiger partial charge in [0, 0.05) is 13.1 Å². The Bertz CT molecular complexity index is 721. The van der Waals surface area contributed by atoms with Crippen LogP contribution in [0.1, 0.15) is 42.9 Å². The number of amides is 1. The number of nitrogens with one attached hydrogen (secondary N) is 1. The fraction of sp³-hybridized carbons (Fsp3) is 0.435. The van der Waals surface area contributed by atoms with Crippen LogP contribution in [-0.2, 0) is 24.3 Å². The first kappa shape index (κ1) is 19.4. The first-order valence-electron chi connectivity index (χ1n) is 10.0.